The summed E-state index contributed by atoms with van der Waals surface area (Å²) in [5.74, 6) is 1.40. The number of nitrogens with one attached hydrogen (secondary N) is 1. The molecule has 1 aromatic rings. The van der Waals surface area contributed by atoms with Crippen LogP contribution in [0.1, 0.15) is 57.4 Å². The molecular formula is C20H33NO3. The van der Waals surface area contributed by atoms with Crippen molar-refractivity contribution in [2.75, 3.05) is 26.4 Å². The fourth-order valence-corrected chi connectivity index (χ4v) is 3.06. The zero-order valence-corrected chi connectivity index (χ0v) is 15.2. The Morgan fingerprint density at radius 3 is 2.46 bits per heavy atom. The normalized spacial score (nSPS) is 17.2. The van der Waals surface area contributed by atoms with Crippen LogP contribution in [0.4, 0.5) is 0 Å². The molecule has 0 aliphatic heterocycles. The molecule has 0 bridgehead atoms. The summed E-state index contributed by atoms with van der Waals surface area (Å²) in [6, 6.07) is 8.77. The summed E-state index contributed by atoms with van der Waals surface area (Å²) >= 11 is 0. The maximum absolute atomic E-state index is 9.95. The maximum atomic E-state index is 9.95. The molecule has 136 valence electrons. The van der Waals surface area contributed by atoms with E-state index in [1.165, 1.54) is 37.7 Å². The van der Waals surface area contributed by atoms with Gasteiger partial charge in [-0.15, -0.1) is 0 Å². The third-order valence-corrected chi connectivity index (χ3v) is 4.60. The van der Waals surface area contributed by atoms with Gasteiger partial charge in [-0.3, -0.25) is 0 Å². The van der Waals surface area contributed by atoms with Crippen LogP contribution in [0.15, 0.2) is 24.3 Å². The molecule has 0 radical (unpaired) electrons. The number of rotatable bonds is 10. The molecule has 0 amide bonds. The first-order chi connectivity index (χ1) is 11.6. The average molecular weight is 335 g/mol. The molecular weight excluding hydrogens is 302 g/mol. The summed E-state index contributed by atoms with van der Waals surface area (Å²) in [7, 11) is 0. The third kappa shape index (κ3) is 7.20. The van der Waals surface area contributed by atoms with Gasteiger partial charge in [-0.2, -0.15) is 0 Å². The highest BCUT2D eigenvalue weighted by Gasteiger charge is 2.14. The summed E-state index contributed by atoms with van der Waals surface area (Å²) in [6.45, 7) is 6.32. The van der Waals surface area contributed by atoms with E-state index >= 15 is 0 Å². The van der Waals surface area contributed by atoms with Crippen molar-refractivity contribution in [2.45, 2.75) is 64.0 Å². The molecule has 1 unspecified atom stereocenters. The van der Waals surface area contributed by atoms with Crippen molar-refractivity contribution < 1.29 is 14.6 Å². The fraction of sp³-hybridized carbons (Fsp3) is 0.700. The van der Waals surface area contributed by atoms with Gasteiger partial charge < -0.3 is 19.9 Å². The number of benzene rings is 1. The molecule has 2 rings (SSSR count). The van der Waals surface area contributed by atoms with E-state index in [0.29, 0.717) is 38.3 Å². The lowest BCUT2D eigenvalue weighted by Crippen LogP contribution is -2.38. The minimum absolute atomic E-state index is 0.357. The Kier molecular flexibility index (Phi) is 8.57. The maximum Gasteiger partial charge on any atom is 0.119 e. The summed E-state index contributed by atoms with van der Waals surface area (Å²) in [5, 5.41) is 13.4. The van der Waals surface area contributed by atoms with Crippen molar-refractivity contribution in [3.8, 4) is 5.75 Å². The van der Waals surface area contributed by atoms with Gasteiger partial charge in [0.25, 0.3) is 0 Å². The quantitative estimate of drug-likeness (QED) is 0.643. The van der Waals surface area contributed by atoms with Gasteiger partial charge in [0.05, 0.1) is 19.3 Å². The molecule has 1 atom stereocenters. The molecule has 1 saturated carbocycles. The number of aliphatic hydroxyl groups excluding tert-OH is 1. The largest absolute Gasteiger partial charge is 0.491 e. The van der Waals surface area contributed by atoms with E-state index in [1.54, 1.807) is 0 Å². The van der Waals surface area contributed by atoms with Gasteiger partial charge in [0, 0.05) is 12.6 Å². The highest BCUT2D eigenvalue weighted by Crippen LogP contribution is 2.18. The van der Waals surface area contributed by atoms with Crippen molar-refractivity contribution in [1.29, 1.82) is 0 Å². The average Bonchev–Trinajstić information content (AvgIpc) is 2.61. The lowest BCUT2D eigenvalue weighted by atomic mass is 9.95. The van der Waals surface area contributed by atoms with Crippen LogP contribution in [0.3, 0.4) is 0 Å². The van der Waals surface area contributed by atoms with Crippen molar-refractivity contribution in [1.82, 2.24) is 5.32 Å². The van der Waals surface area contributed by atoms with Crippen LogP contribution >= 0.6 is 0 Å². The van der Waals surface area contributed by atoms with Crippen molar-refractivity contribution in [3.05, 3.63) is 29.8 Å². The van der Waals surface area contributed by atoms with Crippen LogP contribution in [0.2, 0.25) is 0 Å². The summed E-state index contributed by atoms with van der Waals surface area (Å²) in [4.78, 5) is 0. The molecule has 1 aliphatic rings. The zero-order valence-electron chi connectivity index (χ0n) is 15.2. The third-order valence-electron chi connectivity index (χ3n) is 4.60. The number of hydrogen-bond donors (Lipinski definition) is 2. The smallest absolute Gasteiger partial charge is 0.119 e. The Bertz CT molecular complexity index is 441. The number of hydrogen-bond acceptors (Lipinski definition) is 4. The lowest BCUT2D eigenvalue weighted by Gasteiger charge is -2.24. The Balaban J connectivity index is 1.51. The Labute approximate surface area is 146 Å². The Morgan fingerprint density at radius 1 is 1.08 bits per heavy atom. The molecule has 4 heteroatoms. The highest BCUT2D eigenvalue weighted by atomic mass is 16.5. The monoisotopic (exact) mass is 335 g/mol. The molecule has 1 aliphatic carbocycles. The second-order valence-electron chi connectivity index (χ2n) is 7.04. The fourth-order valence-electron chi connectivity index (χ4n) is 3.06. The van der Waals surface area contributed by atoms with Gasteiger partial charge in [-0.05, 0) is 36.5 Å². The van der Waals surface area contributed by atoms with E-state index in [9.17, 15) is 5.11 Å². The zero-order chi connectivity index (χ0) is 17.2. The molecule has 0 heterocycles. The Morgan fingerprint density at radius 2 is 1.79 bits per heavy atom. The lowest BCUT2D eigenvalue weighted by molar-refractivity contribution is 0.0235. The van der Waals surface area contributed by atoms with Crippen LogP contribution in [0, 0.1) is 0 Å². The van der Waals surface area contributed by atoms with Gasteiger partial charge in [0.1, 0.15) is 12.4 Å². The van der Waals surface area contributed by atoms with Crippen molar-refractivity contribution in [2.24, 2.45) is 0 Å². The molecule has 0 spiro atoms. The standard InChI is InChI=1S/C20H33NO3/c1-16(2)17-8-10-20(11-9-17)24-13-12-23-15-19(22)14-21-18-6-4-3-5-7-18/h8-11,16,18-19,21-22H,3-7,12-15H2,1-2H3. The summed E-state index contributed by atoms with van der Waals surface area (Å²) in [6.07, 6.45) is 5.98. The van der Waals surface area contributed by atoms with E-state index in [4.69, 9.17) is 9.47 Å². The van der Waals surface area contributed by atoms with E-state index in [0.717, 1.165) is 5.75 Å². The van der Waals surface area contributed by atoms with Crippen LogP contribution in [0.5, 0.6) is 5.75 Å². The van der Waals surface area contributed by atoms with E-state index in [-0.39, 0.29) is 0 Å². The molecule has 1 aromatic carbocycles. The Hall–Kier alpha value is -1.10. The van der Waals surface area contributed by atoms with Gasteiger partial charge in [-0.25, -0.2) is 0 Å². The van der Waals surface area contributed by atoms with Crippen LogP contribution in [-0.4, -0.2) is 43.6 Å². The van der Waals surface area contributed by atoms with E-state index < -0.39 is 6.10 Å². The molecule has 2 N–H and O–H groups in total. The topological polar surface area (TPSA) is 50.7 Å². The van der Waals surface area contributed by atoms with Crippen LogP contribution in [0.25, 0.3) is 0 Å². The summed E-state index contributed by atoms with van der Waals surface area (Å²) in [5.41, 5.74) is 1.31. The van der Waals surface area contributed by atoms with E-state index in [2.05, 4.69) is 31.3 Å². The minimum atomic E-state index is -0.447. The minimum Gasteiger partial charge on any atom is -0.491 e. The molecule has 24 heavy (non-hydrogen) atoms. The molecule has 0 aromatic heterocycles. The first-order valence-electron chi connectivity index (χ1n) is 9.37. The van der Waals surface area contributed by atoms with Gasteiger partial charge in [0.2, 0.25) is 0 Å². The number of aliphatic hydroxyl groups is 1. The summed E-state index contributed by atoms with van der Waals surface area (Å²) < 4.78 is 11.2. The molecule has 1 fully saturated rings. The molecule has 0 saturated heterocycles. The predicted octanol–water partition coefficient (Wildman–Crippen LogP) is 3.49. The molecule has 4 nitrogen and oxygen atoms in total. The van der Waals surface area contributed by atoms with Crippen LogP contribution < -0.4 is 10.1 Å². The number of ether oxygens (including phenoxy) is 2. The van der Waals surface area contributed by atoms with Gasteiger partial charge >= 0.3 is 0 Å². The van der Waals surface area contributed by atoms with Gasteiger partial charge in [-0.1, -0.05) is 45.2 Å². The van der Waals surface area contributed by atoms with Gasteiger partial charge in [0.15, 0.2) is 0 Å². The first-order valence-corrected chi connectivity index (χ1v) is 9.37. The van der Waals surface area contributed by atoms with Crippen molar-refractivity contribution in [3.63, 3.8) is 0 Å². The SMILES string of the molecule is CC(C)c1ccc(OCCOCC(O)CNC2CCCCC2)cc1. The van der Waals surface area contributed by atoms with Crippen LogP contribution in [-0.2, 0) is 4.74 Å². The second-order valence-corrected chi connectivity index (χ2v) is 7.04. The van der Waals surface area contributed by atoms with E-state index in [1.807, 2.05) is 12.1 Å². The predicted molar refractivity (Wildman–Crippen MR) is 97.7 cm³/mol. The highest BCUT2D eigenvalue weighted by molar-refractivity contribution is 5.28. The second kappa shape index (κ2) is 10.7. The van der Waals surface area contributed by atoms with Crippen molar-refractivity contribution >= 4 is 0 Å². The first kappa shape index (κ1) is 19.2.